The van der Waals surface area contributed by atoms with Crippen LogP contribution >= 0.6 is 0 Å². The minimum Gasteiger partial charge on any atom is -0.480 e. The highest BCUT2D eigenvalue weighted by Gasteiger charge is 2.26. The molecule has 2 amide bonds. The predicted octanol–water partition coefficient (Wildman–Crippen LogP) is 0.132. The summed E-state index contributed by atoms with van der Waals surface area (Å²) in [6, 6.07) is 4.80. The van der Waals surface area contributed by atoms with Crippen LogP contribution in [0.5, 0.6) is 0 Å². The summed E-state index contributed by atoms with van der Waals surface area (Å²) in [6.45, 7) is 2.87. The van der Waals surface area contributed by atoms with Crippen LogP contribution in [0.3, 0.4) is 0 Å². The zero-order valence-corrected chi connectivity index (χ0v) is 14.1. The van der Waals surface area contributed by atoms with Crippen molar-refractivity contribution in [3.8, 4) is 0 Å². The van der Waals surface area contributed by atoms with Crippen LogP contribution in [0.1, 0.15) is 19.4 Å². The van der Waals surface area contributed by atoms with Crippen LogP contribution in [0, 0.1) is 0 Å². The van der Waals surface area contributed by atoms with Crippen molar-refractivity contribution in [2.24, 2.45) is 5.73 Å². The fourth-order valence-corrected chi connectivity index (χ4v) is 2.41. The van der Waals surface area contributed by atoms with E-state index in [9.17, 15) is 14.4 Å². The summed E-state index contributed by atoms with van der Waals surface area (Å²) < 4.78 is 0. The molecule has 0 aliphatic heterocycles. The maximum Gasteiger partial charge on any atom is 0.325 e. The summed E-state index contributed by atoms with van der Waals surface area (Å²) >= 11 is 0. The van der Waals surface area contributed by atoms with Gasteiger partial charge in [0.2, 0.25) is 11.8 Å². The highest BCUT2D eigenvalue weighted by atomic mass is 16.4. The van der Waals surface area contributed by atoms with Crippen LogP contribution in [0.25, 0.3) is 10.9 Å². The Morgan fingerprint density at radius 3 is 2.48 bits per heavy atom. The van der Waals surface area contributed by atoms with Crippen molar-refractivity contribution in [1.82, 2.24) is 15.6 Å². The van der Waals surface area contributed by atoms with Crippen molar-refractivity contribution in [3.63, 3.8) is 0 Å². The molecule has 1 heterocycles. The van der Waals surface area contributed by atoms with E-state index in [0.717, 1.165) is 16.5 Å². The second kappa shape index (κ2) is 7.80. The first-order valence-corrected chi connectivity index (χ1v) is 7.93. The molecular weight excluding hydrogens is 324 g/mol. The van der Waals surface area contributed by atoms with Gasteiger partial charge in [0.25, 0.3) is 0 Å². The number of benzene rings is 1. The number of fused-ring (bicyclic) bond motifs is 1. The lowest BCUT2D eigenvalue weighted by molar-refractivity contribution is -0.141. The highest BCUT2D eigenvalue weighted by molar-refractivity contribution is 5.92. The van der Waals surface area contributed by atoms with E-state index in [4.69, 9.17) is 10.8 Å². The molecule has 0 fully saturated rings. The summed E-state index contributed by atoms with van der Waals surface area (Å²) in [5.41, 5.74) is 7.30. The SMILES string of the molecule is C[C@@H](N)C(=O)N[C@@H](Cc1c[nH]c2ccccc12)C(=O)N[C@H](C)C(=O)O. The van der Waals surface area contributed by atoms with Gasteiger partial charge >= 0.3 is 5.97 Å². The van der Waals surface area contributed by atoms with E-state index in [1.54, 1.807) is 6.20 Å². The quantitative estimate of drug-likeness (QED) is 0.485. The van der Waals surface area contributed by atoms with Crippen LogP contribution in [-0.4, -0.2) is 46.0 Å². The molecule has 0 saturated carbocycles. The number of para-hydroxylation sites is 1. The number of hydrogen-bond acceptors (Lipinski definition) is 4. The number of nitrogens with one attached hydrogen (secondary N) is 3. The van der Waals surface area contributed by atoms with E-state index in [0.29, 0.717) is 0 Å². The first-order chi connectivity index (χ1) is 11.8. The number of aromatic nitrogens is 1. The first kappa shape index (κ1) is 18.5. The Bertz CT molecular complexity index is 784. The van der Waals surface area contributed by atoms with E-state index >= 15 is 0 Å². The number of rotatable bonds is 7. The van der Waals surface area contributed by atoms with Gasteiger partial charge in [-0.2, -0.15) is 0 Å². The highest BCUT2D eigenvalue weighted by Crippen LogP contribution is 2.19. The molecule has 6 N–H and O–H groups in total. The number of carboxylic acid groups (broad SMARTS) is 1. The predicted molar refractivity (Wildman–Crippen MR) is 92.8 cm³/mol. The minimum atomic E-state index is -1.15. The van der Waals surface area contributed by atoms with Crippen LogP contribution in [0.2, 0.25) is 0 Å². The van der Waals surface area contributed by atoms with Crippen LogP contribution < -0.4 is 16.4 Å². The molecule has 134 valence electrons. The molecule has 8 heteroatoms. The maximum absolute atomic E-state index is 12.4. The number of carboxylic acids is 1. The van der Waals surface area contributed by atoms with Crippen molar-refractivity contribution < 1.29 is 19.5 Å². The standard InChI is InChI=1S/C17H22N4O4/c1-9(18)15(22)21-14(16(23)20-10(2)17(24)25)7-11-8-19-13-6-4-3-5-12(11)13/h3-6,8-10,14,19H,7,18H2,1-2H3,(H,20,23)(H,21,22)(H,24,25)/t9-,10-,14+/m1/s1. The third-order valence-corrected chi connectivity index (χ3v) is 3.87. The van der Waals surface area contributed by atoms with E-state index < -0.39 is 35.9 Å². The summed E-state index contributed by atoms with van der Waals surface area (Å²) in [5, 5.41) is 14.8. The molecule has 25 heavy (non-hydrogen) atoms. The number of hydrogen-bond donors (Lipinski definition) is 5. The van der Waals surface area contributed by atoms with Crippen molar-refractivity contribution in [3.05, 3.63) is 36.0 Å². The van der Waals surface area contributed by atoms with Gasteiger partial charge in [-0.05, 0) is 25.5 Å². The molecule has 2 rings (SSSR count). The van der Waals surface area contributed by atoms with Crippen molar-refractivity contribution >= 4 is 28.7 Å². The van der Waals surface area contributed by atoms with Gasteiger partial charge in [-0.25, -0.2) is 0 Å². The van der Waals surface area contributed by atoms with Crippen LogP contribution in [0.15, 0.2) is 30.5 Å². The molecular formula is C17H22N4O4. The van der Waals surface area contributed by atoms with Gasteiger partial charge in [0, 0.05) is 23.5 Å². The Morgan fingerprint density at radius 1 is 1.16 bits per heavy atom. The third kappa shape index (κ3) is 4.57. The topological polar surface area (TPSA) is 137 Å². The van der Waals surface area contributed by atoms with E-state index in [2.05, 4.69) is 15.6 Å². The first-order valence-electron chi connectivity index (χ1n) is 7.93. The zero-order valence-electron chi connectivity index (χ0n) is 14.1. The molecule has 0 unspecified atom stereocenters. The van der Waals surface area contributed by atoms with Gasteiger partial charge in [-0.3, -0.25) is 14.4 Å². The molecule has 0 saturated heterocycles. The van der Waals surface area contributed by atoms with E-state index in [-0.39, 0.29) is 6.42 Å². The van der Waals surface area contributed by atoms with Crippen LogP contribution in [0.4, 0.5) is 0 Å². The number of aliphatic carboxylic acids is 1. The Labute approximate surface area is 144 Å². The molecule has 0 bridgehead atoms. The third-order valence-electron chi connectivity index (χ3n) is 3.87. The van der Waals surface area contributed by atoms with Gasteiger partial charge in [0.1, 0.15) is 12.1 Å². The summed E-state index contributed by atoms with van der Waals surface area (Å²) in [7, 11) is 0. The van der Waals surface area contributed by atoms with Crippen LogP contribution in [-0.2, 0) is 20.8 Å². The smallest absolute Gasteiger partial charge is 0.325 e. The minimum absolute atomic E-state index is 0.209. The lowest BCUT2D eigenvalue weighted by atomic mass is 10.0. The molecule has 3 atom stereocenters. The fourth-order valence-electron chi connectivity index (χ4n) is 2.41. The lowest BCUT2D eigenvalue weighted by Gasteiger charge is -2.21. The maximum atomic E-state index is 12.4. The molecule has 0 aliphatic rings. The second-order valence-corrected chi connectivity index (χ2v) is 5.98. The van der Waals surface area contributed by atoms with Gasteiger partial charge < -0.3 is 26.5 Å². The molecule has 2 aromatic rings. The average molecular weight is 346 g/mol. The molecule has 8 nitrogen and oxygen atoms in total. The Morgan fingerprint density at radius 2 is 1.84 bits per heavy atom. The number of nitrogens with two attached hydrogens (primary N) is 1. The number of carbonyl (C=O) groups is 3. The molecule has 0 aliphatic carbocycles. The number of carbonyl (C=O) groups excluding carboxylic acids is 2. The van der Waals surface area contributed by atoms with Gasteiger partial charge in [-0.1, -0.05) is 18.2 Å². The summed E-state index contributed by atoms with van der Waals surface area (Å²) in [5.74, 6) is -2.21. The number of aromatic amines is 1. The van der Waals surface area contributed by atoms with E-state index in [1.807, 2.05) is 24.3 Å². The van der Waals surface area contributed by atoms with Crippen molar-refractivity contribution in [1.29, 1.82) is 0 Å². The normalized spacial score (nSPS) is 14.5. The van der Waals surface area contributed by atoms with Gasteiger partial charge in [-0.15, -0.1) is 0 Å². The fraction of sp³-hybridized carbons (Fsp3) is 0.353. The molecule has 1 aromatic heterocycles. The molecule has 0 spiro atoms. The molecule has 1 aromatic carbocycles. The largest absolute Gasteiger partial charge is 0.480 e. The number of amides is 2. The van der Waals surface area contributed by atoms with Gasteiger partial charge in [0.05, 0.1) is 6.04 Å². The zero-order chi connectivity index (χ0) is 18.6. The number of H-pyrrole nitrogens is 1. The Balaban J connectivity index is 2.23. The Kier molecular flexibility index (Phi) is 5.76. The molecule has 0 radical (unpaired) electrons. The second-order valence-electron chi connectivity index (χ2n) is 5.98. The van der Waals surface area contributed by atoms with E-state index in [1.165, 1.54) is 13.8 Å². The monoisotopic (exact) mass is 346 g/mol. The summed E-state index contributed by atoms with van der Waals surface area (Å²) in [6.07, 6.45) is 1.98. The van der Waals surface area contributed by atoms with Crippen molar-refractivity contribution in [2.45, 2.75) is 38.4 Å². The summed E-state index contributed by atoms with van der Waals surface area (Å²) in [4.78, 5) is 38.4. The average Bonchev–Trinajstić information content (AvgIpc) is 2.97. The lowest BCUT2D eigenvalue weighted by Crippen LogP contribution is -2.54. The Hall–Kier alpha value is -2.87. The van der Waals surface area contributed by atoms with Gasteiger partial charge in [0.15, 0.2) is 0 Å². The van der Waals surface area contributed by atoms with Crippen molar-refractivity contribution in [2.75, 3.05) is 0 Å².